The molecule has 3 aromatic rings. The van der Waals surface area contributed by atoms with Gasteiger partial charge in [0, 0.05) is 42.6 Å². The lowest BCUT2D eigenvalue weighted by atomic mass is 9.97. The molecule has 1 saturated heterocycles. The number of hydrogen-bond donors (Lipinski definition) is 1. The van der Waals surface area contributed by atoms with Crippen molar-refractivity contribution in [3.05, 3.63) is 54.7 Å². The molecule has 4 heterocycles. The van der Waals surface area contributed by atoms with Gasteiger partial charge in [-0.2, -0.15) is 0 Å². The van der Waals surface area contributed by atoms with E-state index in [1.165, 1.54) is 0 Å². The molecule has 0 aliphatic carbocycles. The fourth-order valence-corrected chi connectivity index (χ4v) is 3.47. The van der Waals surface area contributed by atoms with E-state index in [9.17, 15) is 0 Å². The number of nitrogens with one attached hydrogen (secondary N) is 1. The molecule has 0 spiro atoms. The van der Waals surface area contributed by atoms with Gasteiger partial charge in [-0.3, -0.25) is 4.98 Å². The quantitative estimate of drug-likeness (QED) is 0.730. The normalized spacial score (nSPS) is 17.3. The van der Waals surface area contributed by atoms with Crippen molar-refractivity contribution in [2.24, 2.45) is 0 Å². The van der Waals surface area contributed by atoms with Crippen molar-refractivity contribution in [1.29, 1.82) is 0 Å². The molecule has 1 atom stereocenters. The van der Waals surface area contributed by atoms with Crippen LogP contribution in [0.1, 0.15) is 24.6 Å². The Labute approximate surface area is 164 Å². The van der Waals surface area contributed by atoms with E-state index in [0.717, 1.165) is 54.5 Å². The van der Waals surface area contributed by atoms with Crippen molar-refractivity contribution in [2.75, 3.05) is 32.6 Å². The van der Waals surface area contributed by atoms with Crippen molar-refractivity contribution < 1.29 is 4.74 Å². The molecule has 7 nitrogen and oxygen atoms in total. The summed E-state index contributed by atoms with van der Waals surface area (Å²) in [5.74, 6) is 2.53. The third-order valence-electron chi connectivity index (χ3n) is 4.91. The highest BCUT2D eigenvalue weighted by Gasteiger charge is 2.22. The predicted octanol–water partition coefficient (Wildman–Crippen LogP) is 3.50. The Balaban J connectivity index is 1.68. The Morgan fingerprint density at radius 1 is 1.18 bits per heavy atom. The first kappa shape index (κ1) is 18.3. The van der Waals surface area contributed by atoms with E-state index in [4.69, 9.17) is 14.7 Å². The highest BCUT2D eigenvalue weighted by molar-refractivity contribution is 5.65. The molecule has 0 amide bonds. The largest absolute Gasteiger partial charge is 0.481 e. The lowest BCUT2D eigenvalue weighted by Crippen LogP contribution is -2.31. The molecule has 0 bridgehead atoms. The summed E-state index contributed by atoms with van der Waals surface area (Å²) in [4.78, 5) is 20.5. The average molecular weight is 376 g/mol. The summed E-state index contributed by atoms with van der Waals surface area (Å²) in [5.41, 5.74) is 2.70. The fourth-order valence-electron chi connectivity index (χ4n) is 3.47. The van der Waals surface area contributed by atoms with E-state index in [1.54, 1.807) is 19.5 Å². The number of rotatable bonds is 5. The molecule has 0 saturated carbocycles. The summed E-state index contributed by atoms with van der Waals surface area (Å²) in [6.07, 6.45) is 7.59. The van der Waals surface area contributed by atoms with Gasteiger partial charge in [0.15, 0.2) is 0 Å². The second-order valence-corrected chi connectivity index (χ2v) is 7.05. The molecule has 144 valence electrons. The molecule has 0 radical (unpaired) electrons. The lowest BCUT2D eigenvalue weighted by Gasteiger charge is -2.29. The van der Waals surface area contributed by atoms with Crippen LogP contribution in [0.2, 0.25) is 0 Å². The number of likely N-dealkylation sites (tertiary alicyclic amines) is 1. The maximum Gasteiger partial charge on any atom is 0.213 e. The molecule has 1 N–H and O–H groups in total. The standard InChI is InChI=1S/C21H24N6O/c1-27-10-4-6-16(14-27)21-25-18(15-5-3-9-22-12-15)11-19(26-21)24-17-7-8-20(28-2)23-13-17/h3,5,7-9,11-13,16H,4,6,10,14H2,1-2H3,(H,24,25,26). The summed E-state index contributed by atoms with van der Waals surface area (Å²) < 4.78 is 5.13. The third kappa shape index (κ3) is 4.26. The zero-order chi connectivity index (χ0) is 19.3. The van der Waals surface area contributed by atoms with E-state index in [2.05, 4.69) is 27.2 Å². The van der Waals surface area contributed by atoms with Crippen molar-refractivity contribution in [2.45, 2.75) is 18.8 Å². The van der Waals surface area contributed by atoms with Crippen molar-refractivity contribution in [1.82, 2.24) is 24.8 Å². The summed E-state index contributed by atoms with van der Waals surface area (Å²) in [6, 6.07) is 9.64. The first-order valence-corrected chi connectivity index (χ1v) is 9.46. The summed E-state index contributed by atoms with van der Waals surface area (Å²) in [6.45, 7) is 2.10. The molecule has 0 aromatic carbocycles. The van der Waals surface area contributed by atoms with Crippen LogP contribution in [-0.2, 0) is 0 Å². The first-order chi connectivity index (χ1) is 13.7. The van der Waals surface area contributed by atoms with Crippen LogP contribution in [0.5, 0.6) is 5.88 Å². The monoisotopic (exact) mass is 376 g/mol. The molecule has 7 heteroatoms. The van der Waals surface area contributed by atoms with E-state index < -0.39 is 0 Å². The minimum atomic E-state index is 0.324. The second-order valence-electron chi connectivity index (χ2n) is 7.05. The molecule has 1 unspecified atom stereocenters. The summed E-state index contributed by atoms with van der Waals surface area (Å²) >= 11 is 0. The Bertz CT molecular complexity index is 916. The third-order valence-corrected chi connectivity index (χ3v) is 4.91. The van der Waals surface area contributed by atoms with Gasteiger partial charge in [-0.1, -0.05) is 0 Å². The van der Waals surface area contributed by atoms with Gasteiger partial charge in [0.2, 0.25) is 5.88 Å². The van der Waals surface area contributed by atoms with E-state index in [1.807, 2.05) is 36.5 Å². The fraction of sp³-hybridized carbons (Fsp3) is 0.333. The van der Waals surface area contributed by atoms with Gasteiger partial charge < -0.3 is 15.0 Å². The average Bonchev–Trinajstić information content (AvgIpc) is 2.75. The van der Waals surface area contributed by atoms with Crippen LogP contribution in [0.25, 0.3) is 11.3 Å². The van der Waals surface area contributed by atoms with Gasteiger partial charge in [0.25, 0.3) is 0 Å². The van der Waals surface area contributed by atoms with Crippen LogP contribution in [0, 0.1) is 0 Å². The Hall–Kier alpha value is -3.06. The van der Waals surface area contributed by atoms with Gasteiger partial charge in [0.1, 0.15) is 11.6 Å². The number of piperidine rings is 1. The number of anilines is 2. The molecule has 3 aromatic heterocycles. The zero-order valence-electron chi connectivity index (χ0n) is 16.2. The van der Waals surface area contributed by atoms with Crippen LogP contribution in [0.3, 0.4) is 0 Å². The molecule has 1 aliphatic heterocycles. The van der Waals surface area contributed by atoms with Crippen LogP contribution < -0.4 is 10.1 Å². The Morgan fingerprint density at radius 3 is 2.82 bits per heavy atom. The highest BCUT2D eigenvalue weighted by atomic mass is 16.5. The Kier molecular flexibility index (Phi) is 5.43. The topological polar surface area (TPSA) is 76.1 Å². The molecule has 28 heavy (non-hydrogen) atoms. The van der Waals surface area contributed by atoms with Crippen LogP contribution >= 0.6 is 0 Å². The van der Waals surface area contributed by atoms with Gasteiger partial charge in [0.05, 0.1) is 24.7 Å². The number of ether oxygens (including phenoxy) is 1. The lowest BCUT2D eigenvalue weighted by molar-refractivity contribution is 0.246. The second kappa shape index (κ2) is 8.31. The molecular weight excluding hydrogens is 352 g/mol. The summed E-state index contributed by atoms with van der Waals surface area (Å²) in [5, 5.41) is 3.35. The van der Waals surface area contributed by atoms with Crippen LogP contribution in [0.4, 0.5) is 11.5 Å². The van der Waals surface area contributed by atoms with Crippen LogP contribution in [0.15, 0.2) is 48.9 Å². The maximum absolute atomic E-state index is 5.13. The van der Waals surface area contributed by atoms with E-state index >= 15 is 0 Å². The minimum absolute atomic E-state index is 0.324. The molecule has 1 aliphatic rings. The number of nitrogens with zero attached hydrogens (tertiary/aromatic N) is 5. The Morgan fingerprint density at radius 2 is 2.11 bits per heavy atom. The van der Waals surface area contributed by atoms with Gasteiger partial charge >= 0.3 is 0 Å². The van der Waals surface area contributed by atoms with Gasteiger partial charge in [-0.05, 0) is 44.6 Å². The zero-order valence-corrected chi connectivity index (χ0v) is 16.2. The maximum atomic E-state index is 5.13. The van der Waals surface area contributed by atoms with Crippen LogP contribution in [-0.4, -0.2) is 52.1 Å². The minimum Gasteiger partial charge on any atom is -0.481 e. The molecule has 4 rings (SSSR count). The van der Waals surface area contributed by atoms with Crippen molar-refractivity contribution in [3.8, 4) is 17.1 Å². The molecular formula is C21H24N6O. The number of pyridine rings is 2. The number of aromatic nitrogens is 4. The van der Waals surface area contributed by atoms with E-state index in [0.29, 0.717) is 11.8 Å². The summed E-state index contributed by atoms with van der Waals surface area (Å²) in [7, 11) is 3.76. The first-order valence-electron chi connectivity index (χ1n) is 9.46. The smallest absolute Gasteiger partial charge is 0.213 e. The SMILES string of the molecule is COc1ccc(Nc2cc(-c3cccnc3)nc(C3CCCN(C)C3)n2)cn1. The number of likely N-dealkylation sites (N-methyl/N-ethyl adjacent to an activating group) is 1. The van der Waals surface area contributed by atoms with Crippen molar-refractivity contribution in [3.63, 3.8) is 0 Å². The number of hydrogen-bond acceptors (Lipinski definition) is 7. The van der Waals surface area contributed by atoms with Gasteiger partial charge in [-0.25, -0.2) is 15.0 Å². The molecule has 1 fully saturated rings. The highest BCUT2D eigenvalue weighted by Crippen LogP contribution is 2.28. The predicted molar refractivity (Wildman–Crippen MR) is 109 cm³/mol. The van der Waals surface area contributed by atoms with Crippen molar-refractivity contribution >= 4 is 11.5 Å². The van der Waals surface area contributed by atoms with Gasteiger partial charge in [-0.15, -0.1) is 0 Å². The number of methoxy groups -OCH3 is 1. The van der Waals surface area contributed by atoms with E-state index in [-0.39, 0.29) is 0 Å².